The molecule has 6 rings (SSSR count). The second-order valence-electron chi connectivity index (χ2n) is 12.8. The fourth-order valence-corrected chi connectivity index (χ4v) is 6.41. The molecule has 0 N–H and O–H groups in total. The zero-order valence-electron chi connectivity index (χ0n) is 30.8. The summed E-state index contributed by atoms with van der Waals surface area (Å²) in [5, 5.41) is 0. The number of hydrogen-bond donors (Lipinski definition) is 0. The highest BCUT2D eigenvalue weighted by Gasteiger charge is 2.50. The molecule has 1 heterocycles. The summed E-state index contributed by atoms with van der Waals surface area (Å²) in [6.07, 6.45) is -0.657. The molecule has 5 aromatic carbocycles. The van der Waals surface area contributed by atoms with Crippen molar-refractivity contribution in [1.29, 1.82) is 0 Å². The van der Waals surface area contributed by atoms with E-state index < -0.39 is 30.7 Å². The summed E-state index contributed by atoms with van der Waals surface area (Å²) in [6.45, 7) is 1.39. The Labute approximate surface area is 336 Å². The summed E-state index contributed by atoms with van der Waals surface area (Å²) in [4.78, 5) is 11.7. The third-order valence-electron chi connectivity index (χ3n) is 8.96. The molecule has 0 unspecified atom stereocenters. The van der Waals surface area contributed by atoms with Crippen molar-refractivity contribution in [2.75, 3.05) is 20.8 Å². The fraction of sp³-hybridized carbons (Fsp3) is 0.267. The highest BCUT2D eigenvalue weighted by atomic mass is 127. The van der Waals surface area contributed by atoms with Gasteiger partial charge in [-0.1, -0.05) is 127 Å². The van der Waals surface area contributed by atoms with Gasteiger partial charge < -0.3 is 37.9 Å². The molecule has 1 aliphatic heterocycles. The first-order valence-corrected chi connectivity index (χ1v) is 19.1. The number of allylic oxidation sites excluding steroid dienone is 1. The molecule has 286 valence electrons. The van der Waals surface area contributed by atoms with Crippen molar-refractivity contribution in [2.45, 2.75) is 57.1 Å². The molecule has 55 heavy (non-hydrogen) atoms. The van der Waals surface area contributed by atoms with Crippen LogP contribution in [0.4, 0.5) is 0 Å². The maximum atomic E-state index is 11.7. The Morgan fingerprint density at radius 1 is 0.618 bits per heavy atom. The molecular weight excluding hydrogens is 811 g/mol. The van der Waals surface area contributed by atoms with Crippen LogP contribution < -0.4 is 14.2 Å². The first kappa shape index (κ1) is 40.1. The van der Waals surface area contributed by atoms with Crippen LogP contribution in [0.2, 0.25) is 0 Å². The van der Waals surface area contributed by atoms with Crippen molar-refractivity contribution in [3.63, 3.8) is 0 Å². The summed E-state index contributed by atoms with van der Waals surface area (Å²) in [6, 6.07) is 43.4. The quantitative estimate of drug-likeness (QED) is 0.0460. The lowest BCUT2D eigenvalue weighted by Crippen LogP contribution is -2.62. The highest BCUT2D eigenvalue weighted by molar-refractivity contribution is 14.1. The number of carbonyl (C=O) groups is 1. The first-order chi connectivity index (χ1) is 27.0. The maximum Gasteiger partial charge on any atom is 0.229 e. The van der Waals surface area contributed by atoms with E-state index in [1.807, 2.05) is 121 Å². The third-order valence-corrected chi connectivity index (χ3v) is 9.32. The summed E-state index contributed by atoms with van der Waals surface area (Å²) in [5.41, 5.74) is 4.68. The van der Waals surface area contributed by atoms with Gasteiger partial charge in [0.05, 0.1) is 47.3 Å². The van der Waals surface area contributed by atoms with Crippen LogP contribution in [0.25, 0.3) is 6.08 Å². The minimum absolute atomic E-state index is 0.115. The highest BCUT2D eigenvalue weighted by Crippen LogP contribution is 2.42. The van der Waals surface area contributed by atoms with E-state index in [0.29, 0.717) is 36.0 Å². The van der Waals surface area contributed by atoms with Gasteiger partial charge in [-0.3, -0.25) is 4.79 Å². The van der Waals surface area contributed by atoms with Crippen molar-refractivity contribution in [3.05, 3.63) is 167 Å². The monoisotopic (exact) mass is 856 g/mol. The van der Waals surface area contributed by atoms with E-state index in [4.69, 9.17) is 37.9 Å². The standard InChI is InChI=1S/C45H45IO9/c1-48-37-25-36(23-24-40(46)47)26-38(49-2)41(37)55-45-44(53-30-35-21-13-6-14-22-35)43(52-29-34-19-11-5-12-20-34)42(51-28-33-17-9-4-10-18-33)39(54-45)31-50-27-32-15-7-3-8-16-32/h3-26,39,42-45H,27-31H2,1-2H3/b24-23+/t39-,42+,43+,44-,45+/m1/s1. The average molecular weight is 857 g/mol. The van der Waals surface area contributed by atoms with E-state index in [9.17, 15) is 4.79 Å². The van der Waals surface area contributed by atoms with Crippen LogP contribution in [0.1, 0.15) is 27.8 Å². The predicted molar refractivity (Wildman–Crippen MR) is 218 cm³/mol. The Morgan fingerprint density at radius 3 is 1.51 bits per heavy atom. The lowest BCUT2D eigenvalue weighted by Gasteiger charge is -2.45. The minimum atomic E-state index is -1.04. The van der Waals surface area contributed by atoms with Crippen molar-refractivity contribution in [1.82, 2.24) is 0 Å². The molecule has 1 aliphatic rings. The zero-order chi connectivity index (χ0) is 38.2. The SMILES string of the molecule is COc1cc(/C=C/C(=O)I)cc(OC)c1O[C@@H]1O[C@H](COCc2ccccc2)[C@H](OCc2ccccc2)[C@H](OCc2ccccc2)[C@H]1OCc1ccccc1. The molecule has 5 aromatic rings. The molecule has 0 spiro atoms. The number of benzene rings is 5. The van der Waals surface area contributed by atoms with E-state index in [1.165, 1.54) is 6.08 Å². The average Bonchev–Trinajstić information content (AvgIpc) is 3.23. The van der Waals surface area contributed by atoms with Gasteiger partial charge in [0.15, 0.2) is 11.5 Å². The van der Waals surface area contributed by atoms with Crippen LogP contribution in [-0.2, 0) is 54.9 Å². The lowest BCUT2D eigenvalue weighted by molar-refractivity contribution is -0.310. The van der Waals surface area contributed by atoms with Crippen molar-refractivity contribution < 1.29 is 42.7 Å². The number of ether oxygens (including phenoxy) is 8. The van der Waals surface area contributed by atoms with Gasteiger partial charge in [0.2, 0.25) is 15.8 Å². The first-order valence-electron chi connectivity index (χ1n) is 18.0. The summed E-state index contributed by atoms with van der Waals surface area (Å²) in [5.74, 6) is 1.06. The molecule has 5 atom stereocenters. The molecule has 9 nitrogen and oxygen atoms in total. The molecule has 0 aromatic heterocycles. The topological polar surface area (TPSA) is 90.9 Å². The zero-order valence-corrected chi connectivity index (χ0v) is 33.0. The predicted octanol–water partition coefficient (Wildman–Crippen LogP) is 8.76. The van der Waals surface area contributed by atoms with Gasteiger partial charge in [-0.15, -0.1) is 0 Å². The molecule has 1 saturated heterocycles. The van der Waals surface area contributed by atoms with Crippen LogP contribution >= 0.6 is 22.6 Å². The van der Waals surface area contributed by atoms with E-state index >= 15 is 0 Å². The second kappa shape index (κ2) is 20.9. The van der Waals surface area contributed by atoms with Crippen LogP contribution in [0.15, 0.2) is 140 Å². The molecule has 0 amide bonds. The molecule has 0 aliphatic carbocycles. The van der Waals surface area contributed by atoms with Gasteiger partial charge in [-0.25, -0.2) is 0 Å². The van der Waals surface area contributed by atoms with E-state index in [-0.39, 0.29) is 23.6 Å². The van der Waals surface area contributed by atoms with Gasteiger partial charge >= 0.3 is 0 Å². The Bertz CT molecular complexity index is 1900. The molecule has 0 saturated carbocycles. The molecule has 10 heteroatoms. The lowest BCUT2D eigenvalue weighted by atomic mass is 9.97. The van der Waals surface area contributed by atoms with E-state index in [1.54, 1.807) is 55.0 Å². The fourth-order valence-electron chi connectivity index (χ4n) is 6.23. The van der Waals surface area contributed by atoms with Crippen LogP contribution in [0.3, 0.4) is 0 Å². The van der Waals surface area contributed by atoms with Crippen LogP contribution in [0, 0.1) is 0 Å². The number of methoxy groups -OCH3 is 2. The number of carbonyl (C=O) groups excluding carboxylic acids is 1. The molecular formula is C45H45IO9. The van der Waals surface area contributed by atoms with Gasteiger partial charge in [0.1, 0.15) is 24.4 Å². The number of halogens is 1. The van der Waals surface area contributed by atoms with E-state index in [0.717, 1.165) is 22.3 Å². The normalized spacial score (nSPS) is 19.6. The Kier molecular flexibility index (Phi) is 15.3. The molecule has 0 radical (unpaired) electrons. The summed E-state index contributed by atoms with van der Waals surface area (Å²) < 4.78 is 51.9. The largest absolute Gasteiger partial charge is 0.493 e. The van der Waals surface area contributed by atoms with Crippen molar-refractivity contribution in [3.8, 4) is 17.2 Å². The Morgan fingerprint density at radius 2 is 1.05 bits per heavy atom. The third kappa shape index (κ3) is 11.7. The van der Waals surface area contributed by atoms with Gasteiger partial charge in [0, 0.05) is 22.6 Å². The summed E-state index contributed by atoms with van der Waals surface area (Å²) >= 11 is 1.72. The number of rotatable bonds is 19. The van der Waals surface area contributed by atoms with Crippen LogP contribution in [-0.4, -0.2) is 55.3 Å². The molecule has 1 fully saturated rings. The van der Waals surface area contributed by atoms with Crippen molar-refractivity contribution in [2.24, 2.45) is 0 Å². The van der Waals surface area contributed by atoms with Gasteiger partial charge in [-0.2, -0.15) is 0 Å². The maximum absolute atomic E-state index is 11.7. The second-order valence-corrected chi connectivity index (χ2v) is 13.9. The minimum Gasteiger partial charge on any atom is -0.493 e. The van der Waals surface area contributed by atoms with Crippen molar-refractivity contribution >= 4 is 32.5 Å². The van der Waals surface area contributed by atoms with Crippen LogP contribution in [0.5, 0.6) is 17.2 Å². The Balaban J connectivity index is 1.39. The summed E-state index contributed by atoms with van der Waals surface area (Å²) in [7, 11) is 3.09. The smallest absolute Gasteiger partial charge is 0.229 e. The van der Waals surface area contributed by atoms with E-state index in [2.05, 4.69) is 0 Å². The van der Waals surface area contributed by atoms with Gasteiger partial charge in [0.25, 0.3) is 0 Å². The molecule has 0 bridgehead atoms. The van der Waals surface area contributed by atoms with Gasteiger partial charge in [-0.05, 0) is 46.0 Å². The Hall–Kier alpha value is -4.56. The number of hydrogen-bond acceptors (Lipinski definition) is 9.